The van der Waals surface area contributed by atoms with E-state index in [-0.39, 0.29) is 0 Å². The second-order valence-electron chi connectivity index (χ2n) is 8.07. The third kappa shape index (κ3) is 8.30. The Labute approximate surface area is 174 Å². The number of allylic oxidation sites excluding steroid dienone is 1. The summed E-state index contributed by atoms with van der Waals surface area (Å²) in [5.74, 6) is 1.52. The summed E-state index contributed by atoms with van der Waals surface area (Å²) in [5.41, 5.74) is 1.93. The fourth-order valence-corrected chi connectivity index (χ4v) is 3.87. The van der Waals surface area contributed by atoms with Crippen molar-refractivity contribution >= 4 is 12.2 Å². The highest BCUT2D eigenvalue weighted by atomic mass is 15.5. The number of hydrogen-bond acceptors (Lipinski definition) is 3. The first-order chi connectivity index (χ1) is 13.6. The molecular weight excluding hydrogens is 344 g/mol. The van der Waals surface area contributed by atoms with Crippen LogP contribution in [0.1, 0.15) is 97.4 Å². The largest absolute Gasteiger partial charge is 0.284 e. The minimum Gasteiger partial charge on any atom is -0.284 e. The zero-order valence-electron chi connectivity index (χ0n) is 19.2. The second-order valence-corrected chi connectivity index (χ2v) is 8.07. The van der Waals surface area contributed by atoms with Crippen molar-refractivity contribution in [1.82, 2.24) is 19.9 Å². The lowest BCUT2D eigenvalue weighted by Crippen LogP contribution is -2.36. The van der Waals surface area contributed by atoms with Gasteiger partial charge in [0.1, 0.15) is 5.69 Å². The zero-order valence-corrected chi connectivity index (χ0v) is 19.2. The Balaban J connectivity index is 2.96. The third-order valence-electron chi connectivity index (χ3n) is 5.77. The third-order valence-corrected chi connectivity index (χ3v) is 5.77. The van der Waals surface area contributed by atoms with E-state index >= 15 is 0 Å². The van der Waals surface area contributed by atoms with Gasteiger partial charge in [-0.2, -0.15) is 0 Å². The summed E-state index contributed by atoms with van der Waals surface area (Å²) in [6, 6.07) is 0. The van der Waals surface area contributed by atoms with E-state index in [1.807, 2.05) is 29.8 Å². The van der Waals surface area contributed by atoms with Gasteiger partial charge in [-0.1, -0.05) is 84.1 Å². The fourth-order valence-electron chi connectivity index (χ4n) is 3.87. The number of rotatable bonds is 16. The number of unbranched alkanes of at least 4 members (excludes halogenated alkanes) is 2. The average molecular weight is 389 g/mol. The van der Waals surface area contributed by atoms with Crippen LogP contribution in [0.4, 0.5) is 0 Å². The smallest absolute Gasteiger partial charge is 0.112 e. The molecule has 0 aliphatic carbocycles. The topological polar surface area (TPSA) is 34.0 Å². The Kier molecular flexibility index (Phi) is 12.8. The van der Waals surface area contributed by atoms with Gasteiger partial charge in [0.25, 0.3) is 0 Å². The predicted molar refractivity (Wildman–Crippen MR) is 123 cm³/mol. The fraction of sp³-hybridized carbons (Fsp3) is 0.750. The van der Waals surface area contributed by atoms with Gasteiger partial charge in [-0.3, -0.25) is 4.90 Å². The van der Waals surface area contributed by atoms with Crippen molar-refractivity contribution in [3.63, 3.8) is 0 Å². The van der Waals surface area contributed by atoms with Gasteiger partial charge in [0.05, 0.1) is 12.4 Å². The van der Waals surface area contributed by atoms with Gasteiger partial charge in [-0.25, -0.2) is 4.68 Å². The minimum atomic E-state index is 0.759. The normalized spacial score (nSPS) is 14.1. The van der Waals surface area contributed by atoms with Crippen LogP contribution in [0.2, 0.25) is 0 Å². The molecule has 2 unspecified atom stereocenters. The minimum absolute atomic E-state index is 0.759. The highest BCUT2D eigenvalue weighted by Crippen LogP contribution is 2.20. The molecule has 0 radical (unpaired) electrons. The van der Waals surface area contributed by atoms with Gasteiger partial charge < -0.3 is 0 Å². The first-order valence-corrected chi connectivity index (χ1v) is 11.5. The molecule has 2 atom stereocenters. The maximum absolute atomic E-state index is 4.44. The summed E-state index contributed by atoms with van der Waals surface area (Å²) >= 11 is 0. The molecule has 1 aromatic rings. The molecule has 0 aliphatic heterocycles. The number of hydrogen-bond donors (Lipinski definition) is 0. The van der Waals surface area contributed by atoms with E-state index in [4.69, 9.17) is 0 Å². The molecule has 1 aromatic heterocycles. The monoisotopic (exact) mass is 388 g/mol. The van der Waals surface area contributed by atoms with Crippen LogP contribution in [0.25, 0.3) is 12.2 Å². The maximum atomic E-state index is 4.44. The van der Waals surface area contributed by atoms with E-state index in [1.165, 1.54) is 51.4 Å². The molecule has 0 saturated heterocycles. The molecule has 0 N–H and O–H groups in total. The van der Waals surface area contributed by atoms with E-state index in [0.29, 0.717) is 0 Å². The van der Waals surface area contributed by atoms with E-state index in [1.54, 1.807) is 0 Å². The highest BCUT2D eigenvalue weighted by molar-refractivity contribution is 5.57. The molecule has 1 rings (SSSR count). The molecule has 1 heterocycles. The van der Waals surface area contributed by atoms with Gasteiger partial charge in [0.2, 0.25) is 0 Å². The van der Waals surface area contributed by atoms with E-state index in [9.17, 15) is 0 Å². The van der Waals surface area contributed by atoms with Crippen molar-refractivity contribution in [2.75, 3.05) is 13.1 Å². The molecule has 160 valence electrons. The zero-order chi connectivity index (χ0) is 20.8. The molecule has 0 spiro atoms. The molecule has 0 aliphatic rings. The average Bonchev–Trinajstić information content (AvgIpc) is 3.09. The van der Waals surface area contributed by atoms with Gasteiger partial charge in [0, 0.05) is 13.1 Å². The Morgan fingerprint density at radius 1 is 1.00 bits per heavy atom. The number of nitrogens with zero attached hydrogens (tertiary/aromatic N) is 4. The summed E-state index contributed by atoms with van der Waals surface area (Å²) < 4.78 is 2.03. The van der Waals surface area contributed by atoms with E-state index in [2.05, 4.69) is 49.5 Å². The van der Waals surface area contributed by atoms with Crippen LogP contribution in [0, 0.1) is 11.8 Å². The Bertz CT molecular complexity index is 543. The van der Waals surface area contributed by atoms with E-state index in [0.717, 1.165) is 43.0 Å². The quantitative estimate of drug-likeness (QED) is 0.318. The van der Waals surface area contributed by atoms with Crippen molar-refractivity contribution in [1.29, 1.82) is 0 Å². The maximum Gasteiger partial charge on any atom is 0.112 e. The first-order valence-electron chi connectivity index (χ1n) is 11.5. The Morgan fingerprint density at radius 3 is 2.00 bits per heavy atom. The van der Waals surface area contributed by atoms with Crippen LogP contribution in [-0.4, -0.2) is 33.0 Å². The lowest BCUT2D eigenvalue weighted by Gasteiger charge is -2.30. The number of aromatic nitrogens is 3. The summed E-state index contributed by atoms with van der Waals surface area (Å²) in [6.07, 6.45) is 16.3. The summed E-state index contributed by atoms with van der Waals surface area (Å²) in [6.45, 7) is 18.4. The highest BCUT2D eigenvalue weighted by Gasteiger charge is 2.19. The standard InChI is InChI=1S/C24H44N4/c1-7-13-16-21(10-4)18-27(19-22(11-5)17-14-8-2)20-28-24(12-6)23(15-9-3)25-26-28/h9,12,15,21-22H,6-8,10-11,13-14,16-20H2,1-5H3/b15-9-. The first kappa shape index (κ1) is 24.6. The van der Waals surface area contributed by atoms with Crippen molar-refractivity contribution in [2.45, 2.75) is 92.7 Å². The van der Waals surface area contributed by atoms with Crippen LogP contribution < -0.4 is 0 Å². The molecule has 0 bridgehead atoms. The van der Waals surface area contributed by atoms with Crippen molar-refractivity contribution < 1.29 is 0 Å². The van der Waals surface area contributed by atoms with Crippen molar-refractivity contribution in [3.8, 4) is 0 Å². The second kappa shape index (κ2) is 14.6. The summed E-state index contributed by atoms with van der Waals surface area (Å²) in [4.78, 5) is 2.62. The predicted octanol–water partition coefficient (Wildman–Crippen LogP) is 6.65. The van der Waals surface area contributed by atoms with Crippen LogP contribution >= 0.6 is 0 Å². The van der Waals surface area contributed by atoms with Crippen molar-refractivity contribution in [3.05, 3.63) is 24.0 Å². The molecule has 0 fully saturated rings. The summed E-state index contributed by atoms with van der Waals surface area (Å²) in [7, 11) is 0. The Morgan fingerprint density at radius 2 is 1.57 bits per heavy atom. The molecule has 0 saturated carbocycles. The molecule has 28 heavy (non-hydrogen) atoms. The summed E-state index contributed by atoms with van der Waals surface area (Å²) in [5, 5.41) is 8.79. The molecule has 4 nitrogen and oxygen atoms in total. The van der Waals surface area contributed by atoms with Gasteiger partial charge in [0.15, 0.2) is 0 Å². The SMILES string of the molecule is C=Cc1c(/C=C\C)nnn1CN(CC(CC)CCCC)CC(CC)CCCC. The molecule has 0 amide bonds. The van der Waals surface area contributed by atoms with Crippen LogP contribution in [0.5, 0.6) is 0 Å². The van der Waals surface area contributed by atoms with E-state index < -0.39 is 0 Å². The van der Waals surface area contributed by atoms with Gasteiger partial charge in [-0.05, 0) is 43.8 Å². The Hall–Kier alpha value is -1.42. The lowest BCUT2D eigenvalue weighted by atomic mass is 9.96. The molecule has 4 heteroatoms. The van der Waals surface area contributed by atoms with Gasteiger partial charge >= 0.3 is 0 Å². The van der Waals surface area contributed by atoms with Crippen LogP contribution in [0.15, 0.2) is 12.7 Å². The molecular formula is C24H44N4. The lowest BCUT2D eigenvalue weighted by molar-refractivity contribution is 0.137. The van der Waals surface area contributed by atoms with Crippen molar-refractivity contribution in [2.24, 2.45) is 11.8 Å². The van der Waals surface area contributed by atoms with Crippen LogP contribution in [0.3, 0.4) is 0 Å². The molecule has 0 aromatic carbocycles. The van der Waals surface area contributed by atoms with Gasteiger partial charge in [-0.15, -0.1) is 5.10 Å². The van der Waals surface area contributed by atoms with Crippen LogP contribution in [-0.2, 0) is 6.67 Å².